The quantitative estimate of drug-likeness (QED) is 0.646. The molecule has 4 heteroatoms. The monoisotopic (exact) mass is 289 g/mol. The molecule has 0 saturated heterocycles. The van der Waals surface area contributed by atoms with Gasteiger partial charge in [-0.3, -0.25) is 4.79 Å². The molecule has 0 aromatic heterocycles. The first-order valence-corrected chi connectivity index (χ1v) is 7.06. The maximum atomic E-state index is 11.8. The second-order valence-corrected chi connectivity index (χ2v) is 5.80. The van der Waals surface area contributed by atoms with Gasteiger partial charge in [0.2, 0.25) is 0 Å². The Balaban J connectivity index is 2.57. The number of ether oxygens (including phenoxy) is 1. The highest BCUT2D eigenvalue weighted by atomic mass is 16.6. The van der Waals surface area contributed by atoms with Gasteiger partial charge in [0.25, 0.3) is 0 Å². The van der Waals surface area contributed by atoms with Gasteiger partial charge < -0.3 is 10.1 Å². The van der Waals surface area contributed by atoms with Crippen molar-refractivity contribution in [1.29, 1.82) is 0 Å². The molecule has 114 valence electrons. The number of nitrogens with one attached hydrogen (secondary N) is 1. The van der Waals surface area contributed by atoms with Gasteiger partial charge in [-0.05, 0) is 45.3 Å². The number of aryl methyl sites for hydroxylation is 1. The van der Waals surface area contributed by atoms with Crippen molar-refractivity contribution in [3.8, 4) is 0 Å². The number of hydrogen-bond acceptors (Lipinski definition) is 3. The Kier molecular flexibility index (Phi) is 6.66. The summed E-state index contributed by atoms with van der Waals surface area (Å²) in [7, 11) is 0. The fraction of sp³-hybridized carbons (Fsp3) is 0.412. The van der Waals surface area contributed by atoms with Crippen LogP contribution in [0.3, 0.4) is 0 Å². The van der Waals surface area contributed by atoms with Crippen LogP contribution in [0.5, 0.6) is 0 Å². The lowest BCUT2D eigenvalue weighted by Gasteiger charge is -2.22. The molecule has 1 N–H and O–H groups in total. The largest absolute Gasteiger partial charge is 0.444 e. The highest BCUT2D eigenvalue weighted by molar-refractivity contribution is 5.69. The van der Waals surface area contributed by atoms with Crippen molar-refractivity contribution < 1.29 is 14.3 Å². The third-order valence-corrected chi connectivity index (χ3v) is 2.71. The Labute approximate surface area is 126 Å². The van der Waals surface area contributed by atoms with Gasteiger partial charge in [0.05, 0.1) is 6.04 Å². The summed E-state index contributed by atoms with van der Waals surface area (Å²) in [5.74, 6) is 0. The van der Waals surface area contributed by atoms with E-state index < -0.39 is 11.7 Å². The number of allylic oxidation sites excluding steroid dienone is 1. The van der Waals surface area contributed by atoms with Crippen molar-refractivity contribution in [2.24, 2.45) is 0 Å². The summed E-state index contributed by atoms with van der Waals surface area (Å²) in [6, 6.07) is 9.76. The number of benzene rings is 1. The van der Waals surface area contributed by atoms with Crippen LogP contribution in [0, 0.1) is 0 Å². The number of carbonyl (C=O) groups is 2. The summed E-state index contributed by atoms with van der Waals surface area (Å²) in [6.07, 6.45) is 4.81. The molecule has 0 aliphatic carbocycles. The maximum absolute atomic E-state index is 11.8. The maximum Gasteiger partial charge on any atom is 0.408 e. The Bertz CT molecular complexity index is 475. The molecule has 1 atom stereocenters. The van der Waals surface area contributed by atoms with Gasteiger partial charge in [0.1, 0.15) is 11.9 Å². The number of aldehydes is 1. The van der Waals surface area contributed by atoms with Gasteiger partial charge >= 0.3 is 6.09 Å². The summed E-state index contributed by atoms with van der Waals surface area (Å²) >= 11 is 0. The van der Waals surface area contributed by atoms with Crippen LogP contribution in [0.15, 0.2) is 42.5 Å². The molecule has 0 spiro atoms. The van der Waals surface area contributed by atoms with Crippen molar-refractivity contribution in [3.05, 3.63) is 48.0 Å². The van der Waals surface area contributed by atoms with E-state index >= 15 is 0 Å². The van der Waals surface area contributed by atoms with E-state index in [1.165, 1.54) is 11.6 Å². The van der Waals surface area contributed by atoms with E-state index in [-0.39, 0.29) is 6.04 Å². The predicted octanol–water partition coefficient (Wildman–Crippen LogP) is 3.27. The second-order valence-electron chi connectivity index (χ2n) is 5.80. The van der Waals surface area contributed by atoms with Crippen molar-refractivity contribution in [2.75, 3.05) is 0 Å². The highest BCUT2D eigenvalue weighted by Gasteiger charge is 2.18. The molecular formula is C17H23NO3. The molecule has 0 radical (unpaired) electrons. The van der Waals surface area contributed by atoms with E-state index in [0.717, 1.165) is 6.42 Å². The van der Waals surface area contributed by atoms with Crippen molar-refractivity contribution in [1.82, 2.24) is 5.32 Å². The van der Waals surface area contributed by atoms with E-state index in [1.807, 2.05) is 51.1 Å². The van der Waals surface area contributed by atoms with Crippen LogP contribution >= 0.6 is 0 Å². The summed E-state index contributed by atoms with van der Waals surface area (Å²) in [4.78, 5) is 22.3. The van der Waals surface area contributed by atoms with Crippen LogP contribution in [0.1, 0.15) is 32.8 Å². The van der Waals surface area contributed by atoms with Gasteiger partial charge in [-0.25, -0.2) is 4.79 Å². The zero-order valence-corrected chi connectivity index (χ0v) is 12.8. The third-order valence-electron chi connectivity index (χ3n) is 2.71. The first-order valence-electron chi connectivity index (χ1n) is 7.06. The molecular weight excluding hydrogens is 266 g/mol. The minimum absolute atomic E-state index is 0.231. The Morgan fingerprint density at radius 1 is 1.29 bits per heavy atom. The van der Waals surface area contributed by atoms with Crippen molar-refractivity contribution >= 4 is 12.4 Å². The molecule has 0 aliphatic heterocycles. The number of alkyl carbamates (subject to hydrolysis) is 1. The molecule has 0 aliphatic rings. The van der Waals surface area contributed by atoms with E-state index in [0.29, 0.717) is 12.7 Å². The van der Waals surface area contributed by atoms with E-state index in [1.54, 1.807) is 6.08 Å². The lowest BCUT2D eigenvalue weighted by molar-refractivity contribution is -0.104. The van der Waals surface area contributed by atoms with Gasteiger partial charge in [-0.15, -0.1) is 0 Å². The molecule has 0 fully saturated rings. The zero-order valence-electron chi connectivity index (χ0n) is 12.8. The molecule has 0 bridgehead atoms. The van der Waals surface area contributed by atoms with Crippen LogP contribution in [-0.4, -0.2) is 24.0 Å². The number of carbonyl (C=O) groups excluding carboxylic acids is 2. The van der Waals surface area contributed by atoms with Gasteiger partial charge in [0, 0.05) is 0 Å². The molecule has 21 heavy (non-hydrogen) atoms. The van der Waals surface area contributed by atoms with Gasteiger partial charge in [-0.2, -0.15) is 0 Å². The Morgan fingerprint density at radius 2 is 1.95 bits per heavy atom. The fourth-order valence-electron chi connectivity index (χ4n) is 1.82. The first kappa shape index (κ1) is 17.0. The molecule has 1 rings (SSSR count). The molecule has 0 heterocycles. The van der Waals surface area contributed by atoms with Crippen LogP contribution in [-0.2, 0) is 16.0 Å². The van der Waals surface area contributed by atoms with Gasteiger partial charge in [0.15, 0.2) is 0 Å². The Morgan fingerprint density at radius 3 is 2.52 bits per heavy atom. The average molecular weight is 289 g/mol. The molecule has 1 aromatic rings. The predicted molar refractivity (Wildman–Crippen MR) is 83.1 cm³/mol. The van der Waals surface area contributed by atoms with Crippen LogP contribution in [0.25, 0.3) is 0 Å². The molecule has 1 aromatic carbocycles. The van der Waals surface area contributed by atoms with E-state index in [2.05, 4.69) is 5.32 Å². The smallest absolute Gasteiger partial charge is 0.408 e. The molecule has 4 nitrogen and oxygen atoms in total. The third kappa shape index (κ3) is 7.92. The minimum atomic E-state index is -0.539. The standard InChI is InChI=1S/C17H23NO3/c1-17(2,3)21-16(20)18-15(10-7-13-19)12-11-14-8-5-4-6-9-14/h4-10,13,15H,11-12H2,1-3H3,(H,18,20). The summed E-state index contributed by atoms with van der Waals surface area (Å²) < 4.78 is 5.23. The molecule has 1 unspecified atom stereocenters. The summed E-state index contributed by atoms with van der Waals surface area (Å²) in [6.45, 7) is 5.44. The van der Waals surface area contributed by atoms with E-state index in [9.17, 15) is 9.59 Å². The van der Waals surface area contributed by atoms with Crippen molar-refractivity contribution in [3.63, 3.8) is 0 Å². The first-order chi connectivity index (χ1) is 9.90. The SMILES string of the molecule is CC(C)(C)OC(=O)NC(C=CC=O)CCc1ccccc1. The lowest BCUT2D eigenvalue weighted by Crippen LogP contribution is -2.38. The minimum Gasteiger partial charge on any atom is -0.444 e. The van der Waals surface area contributed by atoms with Crippen molar-refractivity contribution in [2.45, 2.75) is 45.3 Å². The van der Waals surface area contributed by atoms with Crippen LogP contribution in [0.2, 0.25) is 0 Å². The molecule has 0 saturated carbocycles. The normalized spacial score (nSPS) is 12.9. The molecule has 1 amide bonds. The van der Waals surface area contributed by atoms with Crippen LogP contribution < -0.4 is 5.32 Å². The Hall–Kier alpha value is -2.10. The zero-order chi connectivity index (χ0) is 15.7. The number of rotatable bonds is 6. The summed E-state index contributed by atoms with van der Waals surface area (Å²) in [5.41, 5.74) is 0.649. The topological polar surface area (TPSA) is 55.4 Å². The summed E-state index contributed by atoms with van der Waals surface area (Å²) in [5, 5.41) is 2.77. The fourth-order valence-corrected chi connectivity index (χ4v) is 1.82. The van der Waals surface area contributed by atoms with Crippen LogP contribution in [0.4, 0.5) is 4.79 Å². The highest BCUT2D eigenvalue weighted by Crippen LogP contribution is 2.09. The lowest BCUT2D eigenvalue weighted by atomic mass is 10.1. The number of amides is 1. The average Bonchev–Trinajstić information content (AvgIpc) is 2.41. The van der Waals surface area contributed by atoms with E-state index in [4.69, 9.17) is 4.74 Å². The second kappa shape index (κ2) is 8.25. The van der Waals surface area contributed by atoms with Gasteiger partial charge in [-0.1, -0.05) is 36.4 Å². The number of hydrogen-bond donors (Lipinski definition) is 1.